The van der Waals surface area contributed by atoms with E-state index in [1.165, 1.54) is 72.8 Å². The zero-order valence-electron chi connectivity index (χ0n) is 22.2. The molecular weight excluding hydrogens is 496 g/mol. The van der Waals surface area contributed by atoms with Crippen molar-refractivity contribution in [2.45, 2.75) is 57.4 Å². The minimum atomic E-state index is -0.874. The van der Waals surface area contributed by atoms with Gasteiger partial charge in [-0.1, -0.05) is 36.9 Å². The van der Waals surface area contributed by atoms with Gasteiger partial charge in [0.15, 0.2) is 0 Å². The van der Waals surface area contributed by atoms with Crippen molar-refractivity contribution in [2.75, 3.05) is 44.2 Å². The van der Waals surface area contributed by atoms with Crippen LogP contribution in [0.2, 0.25) is 5.02 Å². The fourth-order valence-electron chi connectivity index (χ4n) is 7.19. The topological polar surface area (TPSA) is 74.7 Å². The highest BCUT2D eigenvalue weighted by Crippen LogP contribution is 2.47. The van der Waals surface area contributed by atoms with E-state index in [9.17, 15) is 9.90 Å². The van der Waals surface area contributed by atoms with Gasteiger partial charge in [-0.3, -0.25) is 0 Å². The maximum atomic E-state index is 11.9. The fourth-order valence-corrected chi connectivity index (χ4v) is 7.35. The Balaban J connectivity index is 1.43. The molecule has 6 rings (SSSR count). The van der Waals surface area contributed by atoms with Crippen LogP contribution in [0.4, 0.5) is 5.69 Å². The van der Waals surface area contributed by atoms with Gasteiger partial charge < -0.3 is 25.2 Å². The summed E-state index contributed by atoms with van der Waals surface area (Å²) in [6, 6.07) is 12.1. The third-order valence-electron chi connectivity index (χ3n) is 9.14. The molecule has 3 aromatic rings. The molecule has 202 valence electrons. The number of aromatic carboxylic acids is 1. The average Bonchev–Trinajstić information content (AvgIpc) is 3.18. The van der Waals surface area contributed by atoms with Crippen LogP contribution in [0.1, 0.15) is 66.8 Å². The molecule has 1 aliphatic carbocycles. The Labute approximate surface area is 230 Å². The molecule has 38 heavy (non-hydrogen) atoms. The Morgan fingerprint density at radius 1 is 0.974 bits per heavy atom. The van der Waals surface area contributed by atoms with Crippen molar-refractivity contribution in [3.8, 4) is 11.3 Å². The number of nitrogens with zero attached hydrogens (tertiary/aromatic N) is 3. The average molecular weight is 535 g/mol. The number of halogens is 1. The van der Waals surface area contributed by atoms with E-state index in [1.54, 1.807) is 6.07 Å². The van der Waals surface area contributed by atoms with Crippen LogP contribution in [-0.2, 0) is 6.54 Å². The quantitative estimate of drug-likeness (QED) is 0.394. The molecule has 1 saturated heterocycles. The van der Waals surface area contributed by atoms with Crippen molar-refractivity contribution in [2.24, 2.45) is 11.7 Å². The van der Waals surface area contributed by atoms with Gasteiger partial charge in [-0.05, 0) is 86.5 Å². The Bertz CT molecular complexity index is 1330. The molecule has 0 amide bonds. The Morgan fingerprint density at radius 3 is 2.61 bits per heavy atom. The second-order valence-corrected chi connectivity index (χ2v) is 11.9. The number of carbonyl (C=O) groups is 1. The lowest BCUT2D eigenvalue weighted by Gasteiger charge is -2.34. The van der Waals surface area contributed by atoms with Crippen LogP contribution >= 0.6 is 11.6 Å². The van der Waals surface area contributed by atoms with Crippen LogP contribution in [0.15, 0.2) is 36.4 Å². The monoisotopic (exact) mass is 534 g/mol. The van der Waals surface area contributed by atoms with Gasteiger partial charge in [0, 0.05) is 59.9 Å². The van der Waals surface area contributed by atoms with Crippen molar-refractivity contribution in [3.05, 3.63) is 52.5 Å². The molecule has 0 spiro atoms. The third-order valence-corrected chi connectivity index (χ3v) is 9.37. The maximum Gasteiger partial charge on any atom is 0.335 e. The number of nitrogens with two attached hydrogens (primary N) is 1. The van der Waals surface area contributed by atoms with Gasteiger partial charge in [0.05, 0.1) is 11.3 Å². The predicted molar refractivity (Wildman–Crippen MR) is 156 cm³/mol. The third kappa shape index (κ3) is 4.83. The second kappa shape index (κ2) is 10.9. The van der Waals surface area contributed by atoms with Gasteiger partial charge in [0.25, 0.3) is 0 Å². The molecule has 1 atom stereocenters. The van der Waals surface area contributed by atoms with Gasteiger partial charge in [0.1, 0.15) is 0 Å². The van der Waals surface area contributed by atoms with Crippen LogP contribution in [0.3, 0.4) is 0 Å². The zero-order chi connectivity index (χ0) is 26.2. The zero-order valence-corrected chi connectivity index (χ0v) is 22.9. The van der Waals surface area contributed by atoms with Crippen molar-refractivity contribution in [3.63, 3.8) is 0 Å². The fraction of sp³-hybridized carbons (Fsp3) is 0.516. The molecule has 2 aliphatic heterocycles. The lowest BCUT2D eigenvalue weighted by Crippen LogP contribution is -2.43. The first kappa shape index (κ1) is 25.7. The largest absolute Gasteiger partial charge is 0.478 e. The Kier molecular flexibility index (Phi) is 7.39. The molecule has 6 nitrogen and oxygen atoms in total. The molecule has 2 fully saturated rings. The number of anilines is 1. The second-order valence-electron chi connectivity index (χ2n) is 11.5. The Hall–Kier alpha value is -2.54. The number of hydrogen-bond acceptors (Lipinski definition) is 4. The van der Waals surface area contributed by atoms with Crippen molar-refractivity contribution in [1.82, 2.24) is 9.47 Å². The molecule has 3 N–H and O–H groups in total. The molecule has 0 radical (unpaired) electrons. The summed E-state index contributed by atoms with van der Waals surface area (Å²) in [5.74, 6) is 0.222. The summed E-state index contributed by atoms with van der Waals surface area (Å²) >= 11 is 6.61. The number of carboxylic acids is 1. The number of carboxylic acid groups (broad SMARTS) is 1. The Morgan fingerprint density at radius 2 is 1.82 bits per heavy atom. The summed E-state index contributed by atoms with van der Waals surface area (Å²) in [7, 11) is 0. The predicted octanol–water partition coefficient (Wildman–Crippen LogP) is 6.20. The van der Waals surface area contributed by atoms with Gasteiger partial charge >= 0.3 is 5.97 Å². The highest BCUT2D eigenvalue weighted by molar-refractivity contribution is 6.31. The molecule has 7 heteroatoms. The summed E-state index contributed by atoms with van der Waals surface area (Å²) in [6.07, 6.45) is 8.65. The van der Waals surface area contributed by atoms with E-state index in [0.717, 1.165) is 56.4 Å². The first-order chi connectivity index (χ1) is 18.5. The standard InChI is InChI=1S/C31H39ClN4O2/c32-24-9-11-26-27(18-24)35(14-13-34-12-4-5-21(19-33)20-34)15-16-36-28-17-23(31(37)38)8-10-25(28)29(30(26)36)22-6-2-1-3-7-22/h8-11,17-18,21-22H,1-7,12-16,19-20,33H2,(H,37,38)/t21-/m1/s1. The summed E-state index contributed by atoms with van der Waals surface area (Å²) in [4.78, 5) is 17.0. The van der Waals surface area contributed by atoms with Crippen LogP contribution in [0.25, 0.3) is 22.2 Å². The summed E-state index contributed by atoms with van der Waals surface area (Å²) < 4.78 is 2.41. The van der Waals surface area contributed by atoms with E-state index in [0.29, 0.717) is 17.4 Å². The van der Waals surface area contributed by atoms with Crippen LogP contribution < -0.4 is 10.6 Å². The van der Waals surface area contributed by atoms with E-state index in [-0.39, 0.29) is 0 Å². The van der Waals surface area contributed by atoms with Crippen molar-refractivity contribution < 1.29 is 9.90 Å². The molecule has 0 unspecified atom stereocenters. The SMILES string of the molecule is NC[C@H]1CCCN(CCN2CCn3c(c(C4CCCCC4)c4ccc(C(=O)O)cc43)-c3ccc(Cl)cc32)C1. The van der Waals surface area contributed by atoms with E-state index < -0.39 is 5.97 Å². The molecule has 1 aromatic heterocycles. The van der Waals surface area contributed by atoms with E-state index in [1.807, 2.05) is 12.1 Å². The van der Waals surface area contributed by atoms with Gasteiger partial charge in [-0.15, -0.1) is 0 Å². The van der Waals surface area contributed by atoms with Crippen LogP contribution in [0.5, 0.6) is 0 Å². The number of rotatable bonds is 6. The number of fused-ring (bicyclic) bond motifs is 5. The van der Waals surface area contributed by atoms with Crippen molar-refractivity contribution in [1.29, 1.82) is 0 Å². The molecule has 1 saturated carbocycles. The number of likely N-dealkylation sites (tertiary alicyclic amines) is 1. The normalized spacial score (nSPS) is 20.8. The summed E-state index contributed by atoms with van der Waals surface area (Å²) in [5, 5.41) is 11.7. The lowest BCUT2D eigenvalue weighted by molar-refractivity contribution is 0.0697. The highest BCUT2D eigenvalue weighted by Gasteiger charge is 2.31. The van der Waals surface area contributed by atoms with Crippen LogP contribution in [-0.4, -0.2) is 59.8 Å². The number of benzene rings is 2. The molecular formula is C31H39ClN4O2. The van der Waals surface area contributed by atoms with Gasteiger partial charge in [-0.2, -0.15) is 0 Å². The van der Waals surface area contributed by atoms with E-state index in [2.05, 4.69) is 32.6 Å². The molecule has 3 aliphatic rings. The summed E-state index contributed by atoms with van der Waals surface area (Å²) in [5.41, 5.74) is 12.5. The number of hydrogen-bond donors (Lipinski definition) is 2. The molecule has 0 bridgehead atoms. The lowest BCUT2D eigenvalue weighted by atomic mass is 9.81. The van der Waals surface area contributed by atoms with Crippen molar-refractivity contribution >= 4 is 34.2 Å². The smallest absolute Gasteiger partial charge is 0.335 e. The minimum absolute atomic E-state index is 0.352. The van der Waals surface area contributed by atoms with E-state index >= 15 is 0 Å². The van der Waals surface area contributed by atoms with Gasteiger partial charge in [0.2, 0.25) is 0 Å². The maximum absolute atomic E-state index is 11.9. The number of aromatic nitrogens is 1. The van der Waals surface area contributed by atoms with Crippen LogP contribution in [0, 0.1) is 5.92 Å². The first-order valence-corrected chi connectivity index (χ1v) is 14.8. The highest BCUT2D eigenvalue weighted by atomic mass is 35.5. The summed E-state index contributed by atoms with van der Waals surface area (Å²) in [6.45, 7) is 6.62. The van der Waals surface area contributed by atoms with E-state index in [4.69, 9.17) is 17.3 Å². The first-order valence-electron chi connectivity index (χ1n) is 14.4. The molecule has 3 heterocycles. The van der Waals surface area contributed by atoms with Gasteiger partial charge in [-0.25, -0.2) is 4.79 Å². The number of piperidine rings is 1. The minimum Gasteiger partial charge on any atom is -0.478 e. The molecule has 2 aromatic carbocycles.